The second-order valence-corrected chi connectivity index (χ2v) is 13.7. The van der Waals surface area contributed by atoms with Gasteiger partial charge in [0.05, 0.1) is 24.5 Å². The third-order valence-electron chi connectivity index (χ3n) is 5.99. The number of alkyl carbamates (subject to hydrolysis) is 1. The van der Waals surface area contributed by atoms with E-state index >= 15 is 0 Å². The van der Waals surface area contributed by atoms with Crippen LogP contribution in [0.15, 0.2) is 23.2 Å². The average molecular weight is 618 g/mol. The molecule has 0 radical (unpaired) electrons. The van der Waals surface area contributed by atoms with Crippen LogP contribution >= 0.6 is 11.8 Å². The summed E-state index contributed by atoms with van der Waals surface area (Å²) in [5.74, 6) is 0.0940. The fourth-order valence-electron chi connectivity index (χ4n) is 4.01. The fraction of sp³-hybridized carbons (Fsp3) is 0.581. The number of nitrogens with one attached hydrogen (secondary N) is 1. The number of aliphatic hydroxyl groups excluding tert-OH is 1. The zero-order valence-electron chi connectivity index (χ0n) is 26.7. The maximum atomic E-state index is 12.9. The number of aryl methyl sites for hydroxylation is 2. The van der Waals surface area contributed by atoms with Crippen LogP contribution in [0.3, 0.4) is 0 Å². The number of rotatable bonds is 13. The van der Waals surface area contributed by atoms with Crippen molar-refractivity contribution in [2.75, 3.05) is 44.3 Å². The highest BCUT2D eigenvalue weighted by molar-refractivity contribution is 7.99. The predicted molar refractivity (Wildman–Crippen MR) is 169 cm³/mol. The first-order valence-corrected chi connectivity index (χ1v) is 15.4. The van der Waals surface area contributed by atoms with Gasteiger partial charge >= 0.3 is 12.1 Å². The van der Waals surface area contributed by atoms with Gasteiger partial charge in [-0.15, -0.1) is 11.8 Å². The molecule has 1 heterocycles. The summed E-state index contributed by atoms with van der Waals surface area (Å²) >= 11 is 1.41. The van der Waals surface area contributed by atoms with Gasteiger partial charge in [-0.2, -0.15) is 0 Å². The molecule has 0 unspecified atom stereocenters. The number of anilines is 1. The first kappa shape index (κ1) is 35.8. The Hall–Kier alpha value is -3.38. The van der Waals surface area contributed by atoms with E-state index in [0.717, 1.165) is 16.7 Å². The molecule has 1 aromatic carbocycles. The van der Waals surface area contributed by atoms with Crippen LogP contribution in [-0.4, -0.2) is 82.1 Å². The standard InChI is InChI=1S/C31H47N5O6S/c1-20-16-21(2)23(27(39)41-19-30(3,4)5)17-22(20)24-18-25(35-28(32)34-24)43-15-13-36(12-14-37)26(38)10-9-11-33-29(40)42-31(6,7)8/h16-18,37H,9-15,19H2,1-8H3,(H,33,40)(H2,32,34,35). The number of esters is 1. The molecule has 2 aromatic rings. The lowest BCUT2D eigenvalue weighted by atomic mass is 9.97. The number of carbonyl (C=O) groups excluding carboxylic acids is 3. The molecule has 0 aliphatic heterocycles. The van der Waals surface area contributed by atoms with E-state index in [0.29, 0.717) is 48.2 Å². The largest absolute Gasteiger partial charge is 0.462 e. The van der Waals surface area contributed by atoms with E-state index in [1.165, 1.54) is 11.8 Å². The number of aliphatic hydroxyl groups is 1. The van der Waals surface area contributed by atoms with E-state index in [2.05, 4.69) is 15.3 Å². The molecule has 0 spiro atoms. The second kappa shape index (κ2) is 15.9. The van der Waals surface area contributed by atoms with Crippen molar-refractivity contribution >= 4 is 35.7 Å². The number of hydrogen-bond acceptors (Lipinski definition) is 10. The van der Waals surface area contributed by atoms with Gasteiger partial charge in [-0.05, 0) is 69.7 Å². The van der Waals surface area contributed by atoms with Crippen LogP contribution in [0.2, 0.25) is 0 Å². The SMILES string of the molecule is Cc1cc(C)c(-c2cc(SCCN(CCO)C(=O)CCCNC(=O)OC(C)(C)C)nc(N)n2)cc1C(=O)OCC(C)(C)C. The minimum atomic E-state index is -0.591. The van der Waals surface area contributed by atoms with Crippen molar-refractivity contribution in [3.8, 4) is 11.3 Å². The third-order valence-corrected chi connectivity index (χ3v) is 6.88. The summed E-state index contributed by atoms with van der Waals surface area (Å²) in [7, 11) is 0. The van der Waals surface area contributed by atoms with Gasteiger partial charge in [0.25, 0.3) is 0 Å². The summed E-state index contributed by atoms with van der Waals surface area (Å²) in [6, 6.07) is 5.52. The molecule has 238 valence electrons. The molecule has 0 aliphatic carbocycles. The Morgan fingerprint density at radius 2 is 1.72 bits per heavy atom. The number of nitrogen functional groups attached to an aromatic ring is 1. The van der Waals surface area contributed by atoms with Crippen molar-refractivity contribution < 1.29 is 29.0 Å². The van der Waals surface area contributed by atoms with E-state index in [1.807, 2.05) is 46.8 Å². The van der Waals surface area contributed by atoms with Gasteiger partial charge < -0.3 is 30.5 Å². The van der Waals surface area contributed by atoms with Gasteiger partial charge in [0.2, 0.25) is 11.9 Å². The summed E-state index contributed by atoms with van der Waals surface area (Å²) in [6.07, 6.45) is 0.142. The van der Waals surface area contributed by atoms with Crippen molar-refractivity contribution in [1.82, 2.24) is 20.2 Å². The number of carbonyl (C=O) groups is 3. The quantitative estimate of drug-likeness (QED) is 0.124. The minimum Gasteiger partial charge on any atom is -0.462 e. The normalized spacial score (nSPS) is 11.7. The van der Waals surface area contributed by atoms with E-state index in [9.17, 15) is 19.5 Å². The molecule has 2 amide bonds. The molecule has 43 heavy (non-hydrogen) atoms. The number of aromatic nitrogens is 2. The lowest BCUT2D eigenvalue weighted by molar-refractivity contribution is -0.131. The van der Waals surface area contributed by atoms with Gasteiger partial charge in [-0.25, -0.2) is 19.6 Å². The molecule has 0 saturated carbocycles. The highest BCUT2D eigenvalue weighted by atomic mass is 32.2. The van der Waals surface area contributed by atoms with Crippen LogP contribution in [-0.2, 0) is 14.3 Å². The first-order valence-electron chi connectivity index (χ1n) is 14.4. The molecular formula is C31H47N5O6S. The van der Waals surface area contributed by atoms with Gasteiger partial charge in [0.15, 0.2) is 0 Å². The molecule has 0 saturated heterocycles. The zero-order chi connectivity index (χ0) is 32.4. The van der Waals surface area contributed by atoms with E-state index in [-0.39, 0.29) is 42.8 Å². The average Bonchev–Trinajstić information content (AvgIpc) is 2.87. The maximum Gasteiger partial charge on any atom is 0.407 e. The number of nitrogens with zero attached hydrogens (tertiary/aromatic N) is 3. The topological polar surface area (TPSA) is 157 Å². The second-order valence-electron chi connectivity index (χ2n) is 12.6. The highest BCUT2D eigenvalue weighted by Crippen LogP contribution is 2.29. The minimum absolute atomic E-state index is 0.0950. The summed E-state index contributed by atoms with van der Waals surface area (Å²) in [5.41, 5.74) is 8.86. The monoisotopic (exact) mass is 617 g/mol. The first-order chi connectivity index (χ1) is 20.0. The Kier molecular flexibility index (Phi) is 13.2. The summed E-state index contributed by atoms with van der Waals surface area (Å²) in [4.78, 5) is 47.8. The van der Waals surface area contributed by atoms with Crippen LogP contribution in [0.25, 0.3) is 11.3 Å². The van der Waals surface area contributed by atoms with Crippen molar-refractivity contribution in [2.24, 2.45) is 5.41 Å². The Morgan fingerprint density at radius 3 is 2.35 bits per heavy atom. The molecule has 12 heteroatoms. The predicted octanol–water partition coefficient (Wildman–Crippen LogP) is 4.76. The maximum absolute atomic E-state index is 12.9. The van der Waals surface area contributed by atoms with Crippen molar-refractivity contribution in [3.05, 3.63) is 34.9 Å². The highest BCUT2D eigenvalue weighted by Gasteiger charge is 2.20. The fourth-order valence-corrected chi connectivity index (χ4v) is 4.88. The van der Waals surface area contributed by atoms with Crippen LogP contribution in [0, 0.1) is 19.3 Å². The zero-order valence-corrected chi connectivity index (χ0v) is 27.5. The summed E-state index contributed by atoms with van der Waals surface area (Å²) in [5, 5.41) is 12.8. The van der Waals surface area contributed by atoms with Gasteiger partial charge in [-0.3, -0.25) is 4.79 Å². The van der Waals surface area contributed by atoms with Crippen LogP contribution < -0.4 is 11.1 Å². The molecule has 0 fully saturated rings. The number of thioether (sulfide) groups is 1. The number of nitrogens with two attached hydrogens (primary N) is 1. The summed E-state index contributed by atoms with van der Waals surface area (Å²) in [6.45, 7) is 16.2. The van der Waals surface area contributed by atoms with Crippen molar-refractivity contribution in [1.29, 1.82) is 0 Å². The van der Waals surface area contributed by atoms with Crippen LogP contribution in [0.4, 0.5) is 10.7 Å². The summed E-state index contributed by atoms with van der Waals surface area (Å²) < 4.78 is 10.7. The Bertz CT molecular complexity index is 1270. The molecule has 11 nitrogen and oxygen atoms in total. The lowest BCUT2D eigenvalue weighted by Crippen LogP contribution is -2.36. The molecule has 0 aliphatic rings. The third kappa shape index (κ3) is 12.8. The molecule has 0 atom stereocenters. The van der Waals surface area contributed by atoms with E-state index < -0.39 is 11.7 Å². The molecule has 1 aromatic heterocycles. The molecule has 0 bridgehead atoms. The van der Waals surface area contributed by atoms with Crippen molar-refractivity contribution in [3.63, 3.8) is 0 Å². The van der Waals surface area contributed by atoms with Crippen LogP contribution in [0.1, 0.15) is 75.9 Å². The Balaban J connectivity index is 2.05. The van der Waals surface area contributed by atoms with E-state index in [1.54, 1.807) is 31.7 Å². The lowest BCUT2D eigenvalue weighted by Gasteiger charge is -2.22. The smallest absolute Gasteiger partial charge is 0.407 e. The van der Waals surface area contributed by atoms with Gasteiger partial charge in [-0.1, -0.05) is 26.8 Å². The Morgan fingerprint density at radius 1 is 1.02 bits per heavy atom. The number of hydrogen-bond donors (Lipinski definition) is 3. The van der Waals surface area contributed by atoms with Crippen LogP contribution in [0.5, 0.6) is 0 Å². The number of ether oxygens (including phenoxy) is 2. The van der Waals surface area contributed by atoms with Gasteiger partial charge in [0, 0.05) is 37.4 Å². The molecule has 4 N–H and O–H groups in total. The molecule has 2 rings (SSSR count). The van der Waals surface area contributed by atoms with E-state index in [4.69, 9.17) is 15.2 Å². The van der Waals surface area contributed by atoms with Gasteiger partial charge in [0.1, 0.15) is 10.6 Å². The molecular weight excluding hydrogens is 570 g/mol. The number of benzene rings is 1. The Labute approximate surface area is 259 Å². The number of amides is 2. The van der Waals surface area contributed by atoms with Crippen molar-refractivity contribution in [2.45, 2.75) is 78.9 Å².